The molecule has 0 saturated carbocycles. The van der Waals surface area contributed by atoms with Crippen LogP contribution in [0.1, 0.15) is 11.1 Å². The zero-order valence-electron chi connectivity index (χ0n) is 16.0. The molecule has 2 N–H and O–H groups in total. The summed E-state index contributed by atoms with van der Waals surface area (Å²) in [6, 6.07) is 14.0. The average molecular weight is 416 g/mol. The molecule has 0 aliphatic heterocycles. The predicted octanol–water partition coefficient (Wildman–Crippen LogP) is 3.40. The number of anilines is 1. The molecule has 1 aromatic heterocycles. The lowest BCUT2D eigenvalue weighted by Gasteiger charge is -2.13. The van der Waals surface area contributed by atoms with Crippen molar-refractivity contribution >= 4 is 17.5 Å². The number of halogens is 3. The molecule has 1 heterocycles. The molecule has 2 amide bonds. The maximum absolute atomic E-state index is 13.0. The standard InChI is InChI=1S/C21H19F3N4O2/c1-28-18(11-13-26-28)15-8-6-14(7-9-15)10-12-25-19(29)20(30)27-17-5-3-2-4-16(17)21(22,23)24/h2-9,11,13H,10,12H2,1H3,(H,25,29)(H,27,30). The van der Waals surface area contributed by atoms with Gasteiger partial charge in [-0.05, 0) is 35.7 Å². The lowest BCUT2D eigenvalue weighted by molar-refractivity contribution is -0.138. The molecule has 0 aliphatic carbocycles. The molecule has 0 atom stereocenters. The van der Waals surface area contributed by atoms with E-state index in [-0.39, 0.29) is 6.54 Å². The van der Waals surface area contributed by atoms with Crippen LogP contribution in [0.2, 0.25) is 0 Å². The van der Waals surface area contributed by atoms with Crippen molar-refractivity contribution in [2.75, 3.05) is 11.9 Å². The van der Waals surface area contributed by atoms with Gasteiger partial charge < -0.3 is 10.6 Å². The van der Waals surface area contributed by atoms with E-state index in [1.807, 2.05) is 42.7 Å². The van der Waals surface area contributed by atoms with Crippen molar-refractivity contribution in [3.05, 3.63) is 71.9 Å². The minimum atomic E-state index is -4.64. The van der Waals surface area contributed by atoms with Crippen LogP contribution in [0.25, 0.3) is 11.3 Å². The summed E-state index contributed by atoms with van der Waals surface area (Å²) in [6.45, 7) is 0.165. The molecule has 9 heteroatoms. The van der Waals surface area contributed by atoms with Crippen LogP contribution in [0.3, 0.4) is 0 Å². The molecule has 6 nitrogen and oxygen atoms in total. The molecule has 2 aromatic carbocycles. The molecule has 3 rings (SSSR count). The number of benzene rings is 2. The second kappa shape index (κ2) is 8.81. The van der Waals surface area contributed by atoms with Gasteiger partial charge in [-0.15, -0.1) is 0 Å². The van der Waals surface area contributed by atoms with Crippen molar-refractivity contribution in [2.24, 2.45) is 7.05 Å². The molecule has 0 saturated heterocycles. The number of amides is 2. The monoisotopic (exact) mass is 416 g/mol. The zero-order valence-corrected chi connectivity index (χ0v) is 16.0. The van der Waals surface area contributed by atoms with E-state index in [9.17, 15) is 22.8 Å². The minimum Gasteiger partial charge on any atom is -0.347 e. The van der Waals surface area contributed by atoms with Gasteiger partial charge in [0.25, 0.3) is 0 Å². The number of alkyl halides is 3. The van der Waals surface area contributed by atoms with Gasteiger partial charge in [0.1, 0.15) is 0 Å². The summed E-state index contributed by atoms with van der Waals surface area (Å²) >= 11 is 0. The zero-order chi connectivity index (χ0) is 21.7. The quantitative estimate of drug-likeness (QED) is 0.626. The van der Waals surface area contributed by atoms with Crippen molar-refractivity contribution < 1.29 is 22.8 Å². The Kier molecular flexibility index (Phi) is 6.20. The normalized spacial score (nSPS) is 11.2. The number of hydrogen-bond acceptors (Lipinski definition) is 3. The van der Waals surface area contributed by atoms with Gasteiger partial charge in [-0.2, -0.15) is 18.3 Å². The number of hydrogen-bond donors (Lipinski definition) is 2. The van der Waals surface area contributed by atoms with Gasteiger partial charge in [0.05, 0.1) is 16.9 Å². The number of para-hydroxylation sites is 1. The van der Waals surface area contributed by atoms with Crippen LogP contribution in [-0.4, -0.2) is 28.1 Å². The number of nitrogens with one attached hydrogen (secondary N) is 2. The van der Waals surface area contributed by atoms with Crippen LogP contribution in [-0.2, 0) is 29.2 Å². The number of aromatic nitrogens is 2. The van der Waals surface area contributed by atoms with Gasteiger partial charge in [-0.3, -0.25) is 14.3 Å². The number of nitrogens with zero attached hydrogens (tertiary/aromatic N) is 2. The Balaban J connectivity index is 1.53. The summed E-state index contributed by atoms with van der Waals surface area (Å²) in [6.07, 6.45) is -2.47. The molecule has 156 valence electrons. The first-order valence-electron chi connectivity index (χ1n) is 9.08. The van der Waals surface area contributed by atoms with Crippen LogP contribution < -0.4 is 10.6 Å². The third-order valence-corrected chi connectivity index (χ3v) is 4.46. The Hall–Kier alpha value is -3.62. The lowest BCUT2D eigenvalue weighted by atomic mass is 10.1. The van der Waals surface area contributed by atoms with E-state index in [0.717, 1.165) is 29.0 Å². The second-order valence-electron chi connectivity index (χ2n) is 6.54. The van der Waals surface area contributed by atoms with E-state index in [1.165, 1.54) is 12.1 Å². The highest BCUT2D eigenvalue weighted by Gasteiger charge is 2.34. The molecule has 30 heavy (non-hydrogen) atoms. The van der Waals surface area contributed by atoms with Crippen molar-refractivity contribution in [3.63, 3.8) is 0 Å². The number of aryl methyl sites for hydroxylation is 1. The topological polar surface area (TPSA) is 76.0 Å². The summed E-state index contributed by atoms with van der Waals surface area (Å²) in [4.78, 5) is 23.9. The van der Waals surface area contributed by atoms with Crippen LogP contribution in [0.5, 0.6) is 0 Å². The lowest BCUT2D eigenvalue weighted by Crippen LogP contribution is -2.36. The molecule has 0 radical (unpaired) electrons. The highest BCUT2D eigenvalue weighted by atomic mass is 19.4. The molecule has 0 spiro atoms. The second-order valence-corrected chi connectivity index (χ2v) is 6.54. The van der Waals surface area contributed by atoms with E-state index in [0.29, 0.717) is 6.42 Å². The molecular weight excluding hydrogens is 397 g/mol. The van der Waals surface area contributed by atoms with Crippen LogP contribution in [0, 0.1) is 0 Å². The molecule has 0 unspecified atom stereocenters. The fraction of sp³-hybridized carbons (Fsp3) is 0.190. The first-order chi connectivity index (χ1) is 14.3. The van der Waals surface area contributed by atoms with Crippen molar-refractivity contribution in [1.29, 1.82) is 0 Å². The fourth-order valence-corrected chi connectivity index (χ4v) is 2.92. The third-order valence-electron chi connectivity index (χ3n) is 4.46. The number of rotatable bonds is 5. The fourth-order valence-electron chi connectivity index (χ4n) is 2.92. The molecule has 0 fully saturated rings. The van der Waals surface area contributed by atoms with Crippen molar-refractivity contribution in [2.45, 2.75) is 12.6 Å². The van der Waals surface area contributed by atoms with E-state index in [2.05, 4.69) is 10.4 Å². The van der Waals surface area contributed by atoms with Crippen molar-refractivity contribution in [3.8, 4) is 11.3 Å². The van der Waals surface area contributed by atoms with Crippen LogP contribution >= 0.6 is 0 Å². The highest BCUT2D eigenvalue weighted by molar-refractivity contribution is 6.39. The van der Waals surface area contributed by atoms with Gasteiger partial charge in [0, 0.05) is 19.8 Å². The average Bonchev–Trinajstić information content (AvgIpc) is 3.14. The van der Waals surface area contributed by atoms with Crippen LogP contribution in [0.4, 0.5) is 18.9 Å². The Morgan fingerprint density at radius 1 is 1.00 bits per heavy atom. The highest BCUT2D eigenvalue weighted by Crippen LogP contribution is 2.34. The molecule has 0 bridgehead atoms. The van der Waals surface area contributed by atoms with Gasteiger partial charge in [0.15, 0.2) is 0 Å². The Bertz CT molecular complexity index is 1040. The van der Waals surface area contributed by atoms with E-state index >= 15 is 0 Å². The summed E-state index contributed by atoms with van der Waals surface area (Å²) < 4.78 is 40.7. The molecule has 3 aromatic rings. The molecular formula is C21H19F3N4O2. The first-order valence-corrected chi connectivity index (χ1v) is 9.08. The van der Waals surface area contributed by atoms with Crippen molar-refractivity contribution in [1.82, 2.24) is 15.1 Å². The maximum atomic E-state index is 13.0. The summed E-state index contributed by atoms with van der Waals surface area (Å²) in [7, 11) is 1.84. The van der Waals surface area contributed by atoms with Gasteiger partial charge >= 0.3 is 18.0 Å². The summed E-state index contributed by atoms with van der Waals surface area (Å²) in [5.41, 5.74) is 1.41. The molecule has 0 aliphatic rings. The maximum Gasteiger partial charge on any atom is 0.418 e. The van der Waals surface area contributed by atoms with E-state index in [1.54, 1.807) is 10.9 Å². The summed E-state index contributed by atoms with van der Waals surface area (Å²) in [5.74, 6) is -2.16. The Labute approximate surface area is 170 Å². The van der Waals surface area contributed by atoms with E-state index in [4.69, 9.17) is 0 Å². The van der Waals surface area contributed by atoms with Gasteiger partial charge in [-0.1, -0.05) is 36.4 Å². The number of carbonyl (C=O) groups excluding carboxylic acids is 2. The Morgan fingerprint density at radius 3 is 2.33 bits per heavy atom. The minimum absolute atomic E-state index is 0.165. The van der Waals surface area contributed by atoms with Gasteiger partial charge in [0.2, 0.25) is 0 Å². The first kappa shape index (κ1) is 21.1. The van der Waals surface area contributed by atoms with Gasteiger partial charge in [-0.25, -0.2) is 0 Å². The van der Waals surface area contributed by atoms with E-state index < -0.39 is 29.2 Å². The number of carbonyl (C=O) groups is 2. The third kappa shape index (κ3) is 5.05. The SMILES string of the molecule is Cn1nccc1-c1ccc(CCNC(=O)C(=O)Nc2ccccc2C(F)(F)F)cc1. The van der Waals surface area contributed by atoms with Crippen LogP contribution in [0.15, 0.2) is 60.8 Å². The Morgan fingerprint density at radius 2 is 1.70 bits per heavy atom. The largest absolute Gasteiger partial charge is 0.418 e. The summed E-state index contributed by atoms with van der Waals surface area (Å²) in [5, 5.41) is 8.55. The predicted molar refractivity (Wildman–Crippen MR) is 105 cm³/mol. The smallest absolute Gasteiger partial charge is 0.347 e.